The molecule has 3 aliphatic rings. The summed E-state index contributed by atoms with van der Waals surface area (Å²) in [7, 11) is 0. The number of piperazine rings is 1. The summed E-state index contributed by atoms with van der Waals surface area (Å²) in [4.78, 5) is 4.35. The molecular weight excluding hydrogens is 353 g/mol. The molecule has 0 bridgehead atoms. The van der Waals surface area contributed by atoms with Crippen molar-refractivity contribution in [2.75, 3.05) is 39.3 Å². The van der Waals surface area contributed by atoms with Crippen LogP contribution in [0.25, 0.3) is 0 Å². The van der Waals surface area contributed by atoms with Crippen molar-refractivity contribution in [3.63, 3.8) is 0 Å². The number of benzene rings is 1. The number of alkyl halides is 1. The second kappa shape index (κ2) is 8.04. The van der Waals surface area contributed by atoms with E-state index >= 15 is 0 Å². The quantitative estimate of drug-likeness (QED) is 0.844. The van der Waals surface area contributed by atoms with Crippen molar-refractivity contribution < 1.29 is 13.2 Å². The molecule has 0 aromatic heterocycles. The van der Waals surface area contributed by atoms with Gasteiger partial charge in [0.15, 0.2) is 0 Å². The lowest BCUT2D eigenvalue weighted by atomic mass is 9.94. The van der Waals surface area contributed by atoms with Gasteiger partial charge in [-0.2, -0.15) is 0 Å². The van der Waals surface area contributed by atoms with Crippen LogP contribution in [0.4, 0.5) is 13.2 Å². The van der Waals surface area contributed by atoms with Gasteiger partial charge >= 0.3 is 0 Å². The average molecular weight is 377 g/mol. The number of rotatable bonds is 4. The first-order chi connectivity index (χ1) is 13.1. The Bertz CT molecular complexity index is 710. The summed E-state index contributed by atoms with van der Waals surface area (Å²) in [6, 6.07) is 6.77. The van der Waals surface area contributed by atoms with E-state index < -0.39 is 12.0 Å². The Morgan fingerprint density at radius 2 is 1.78 bits per heavy atom. The summed E-state index contributed by atoms with van der Waals surface area (Å²) in [5.41, 5.74) is 8.05. The third-order valence-corrected chi connectivity index (χ3v) is 5.52. The molecule has 27 heavy (non-hydrogen) atoms. The SMILES string of the molecule is FC1=CC(F)[CH]C=C1N1CCN(CC2CNNC2c2ccc(F)cc2)CC1. The maximum Gasteiger partial charge on any atom is 0.145 e. The smallest absolute Gasteiger partial charge is 0.145 e. The fourth-order valence-corrected chi connectivity index (χ4v) is 4.03. The summed E-state index contributed by atoms with van der Waals surface area (Å²) >= 11 is 0. The summed E-state index contributed by atoms with van der Waals surface area (Å²) in [6.45, 7) is 4.84. The highest BCUT2D eigenvalue weighted by molar-refractivity contribution is 5.34. The lowest BCUT2D eigenvalue weighted by Gasteiger charge is -2.39. The van der Waals surface area contributed by atoms with Crippen LogP contribution in [0.1, 0.15) is 11.6 Å². The third kappa shape index (κ3) is 4.20. The maximum absolute atomic E-state index is 14.0. The molecule has 1 aromatic carbocycles. The van der Waals surface area contributed by atoms with Crippen molar-refractivity contribution >= 4 is 0 Å². The minimum atomic E-state index is -1.33. The summed E-state index contributed by atoms with van der Waals surface area (Å²) in [6.07, 6.45) is 2.62. The molecule has 2 saturated heterocycles. The van der Waals surface area contributed by atoms with E-state index in [4.69, 9.17) is 0 Å². The first-order valence-corrected chi connectivity index (χ1v) is 9.38. The van der Waals surface area contributed by atoms with Crippen LogP contribution in [0.2, 0.25) is 0 Å². The number of hydrogen-bond donors (Lipinski definition) is 2. The van der Waals surface area contributed by atoms with E-state index in [2.05, 4.69) is 15.8 Å². The van der Waals surface area contributed by atoms with Crippen molar-refractivity contribution in [1.82, 2.24) is 20.7 Å². The summed E-state index contributed by atoms with van der Waals surface area (Å²) < 4.78 is 40.4. The molecule has 1 aromatic rings. The molecule has 1 aliphatic carbocycles. The number of allylic oxidation sites excluding steroid dienone is 3. The van der Waals surface area contributed by atoms with Gasteiger partial charge in [0.05, 0.1) is 11.7 Å². The fraction of sp³-hybridized carbons (Fsp3) is 0.450. The molecular formula is C20H24F3N4. The Labute approximate surface area is 157 Å². The van der Waals surface area contributed by atoms with Crippen molar-refractivity contribution in [3.8, 4) is 0 Å². The summed E-state index contributed by atoms with van der Waals surface area (Å²) in [5, 5.41) is 0. The Morgan fingerprint density at radius 3 is 2.48 bits per heavy atom. The normalized spacial score (nSPS) is 29.6. The Hall–Kier alpha value is -1.83. The van der Waals surface area contributed by atoms with Crippen LogP contribution >= 0.6 is 0 Å². The standard InChI is InChI=1S/C20H24F3N4/c21-16-3-1-14(2-4-16)20-15(12-24-25-20)13-26-7-9-27(10-8-26)19-6-5-17(22)11-18(19)23/h1-6,11,15,17,20,24-25H,7-10,12-13H2. The zero-order valence-electron chi connectivity index (χ0n) is 15.0. The van der Waals surface area contributed by atoms with Crippen LogP contribution < -0.4 is 10.9 Å². The molecule has 7 heteroatoms. The topological polar surface area (TPSA) is 30.5 Å². The van der Waals surface area contributed by atoms with Crippen molar-refractivity contribution in [1.29, 1.82) is 0 Å². The van der Waals surface area contributed by atoms with Crippen LogP contribution in [0.3, 0.4) is 0 Å². The average Bonchev–Trinajstić information content (AvgIpc) is 3.11. The molecule has 145 valence electrons. The first kappa shape index (κ1) is 18.5. The van der Waals surface area contributed by atoms with Gasteiger partial charge in [0.2, 0.25) is 0 Å². The van der Waals surface area contributed by atoms with Crippen LogP contribution in [0, 0.1) is 18.2 Å². The van der Waals surface area contributed by atoms with E-state index in [1.807, 2.05) is 17.0 Å². The fourth-order valence-electron chi connectivity index (χ4n) is 4.03. The van der Waals surface area contributed by atoms with Crippen LogP contribution in [0.5, 0.6) is 0 Å². The molecule has 4 rings (SSSR count). The van der Waals surface area contributed by atoms with E-state index in [-0.39, 0.29) is 11.9 Å². The van der Waals surface area contributed by atoms with Gasteiger partial charge < -0.3 is 4.90 Å². The number of halogens is 3. The second-order valence-electron chi connectivity index (χ2n) is 7.31. The predicted octanol–water partition coefficient (Wildman–Crippen LogP) is 2.50. The number of hydrazine groups is 1. The van der Waals surface area contributed by atoms with Crippen LogP contribution in [-0.2, 0) is 0 Å². The maximum atomic E-state index is 14.0. The van der Waals surface area contributed by atoms with Crippen LogP contribution in [-0.4, -0.2) is 55.2 Å². The van der Waals surface area contributed by atoms with Gasteiger partial charge in [0, 0.05) is 51.6 Å². The van der Waals surface area contributed by atoms with Gasteiger partial charge in [-0.05, 0) is 23.8 Å². The largest absolute Gasteiger partial charge is 0.367 e. The van der Waals surface area contributed by atoms with Gasteiger partial charge in [-0.15, -0.1) is 0 Å². The number of nitrogens with zero attached hydrogens (tertiary/aromatic N) is 2. The Kier molecular flexibility index (Phi) is 5.52. The number of hydrogen-bond acceptors (Lipinski definition) is 4. The van der Waals surface area contributed by atoms with E-state index in [1.165, 1.54) is 18.6 Å². The van der Waals surface area contributed by atoms with E-state index in [1.54, 1.807) is 6.08 Å². The molecule has 2 aliphatic heterocycles. The molecule has 0 amide bonds. The monoisotopic (exact) mass is 377 g/mol. The highest BCUT2D eigenvalue weighted by Gasteiger charge is 2.31. The van der Waals surface area contributed by atoms with Crippen molar-refractivity contribution in [2.24, 2.45) is 5.92 Å². The van der Waals surface area contributed by atoms with E-state index in [0.29, 0.717) is 24.7 Å². The Morgan fingerprint density at radius 1 is 1.04 bits per heavy atom. The lowest BCUT2D eigenvalue weighted by molar-refractivity contribution is 0.137. The van der Waals surface area contributed by atoms with Gasteiger partial charge in [-0.25, -0.2) is 18.6 Å². The zero-order valence-corrected chi connectivity index (χ0v) is 15.0. The van der Waals surface area contributed by atoms with Gasteiger partial charge in [-0.1, -0.05) is 18.2 Å². The highest BCUT2D eigenvalue weighted by atomic mass is 19.1. The van der Waals surface area contributed by atoms with E-state index in [9.17, 15) is 13.2 Å². The van der Waals surface area contributed by atoms with Gasteiger partial charge in [0.1, 0.15) is 17.8 Å². The third-order valence-electron chi connectivity index (χ3n) is 5.52. The van der Waals surface area contributed by atoms with Gasteiger partial charge in [-0.3, -0.25) is 10.3 Å². The Balaban J connectivity index is 1.32. The van der Waals surface area contributed by atoms with E-state index in [0.717, 1.165) is 37.8 Å². The molecule has 1 radical (unpaired) electrons. The molecule has 3 unspecified atom stereocenters. The molecule has 2 heterocycles. The van der Waals surface area contributed by atoms with Crippen molar-refractivity contribution in [3.05, 3.63) is 65.7 Å². The predicted molar refractivity (Wildman–Crippen MR) is 98.3 cm³/mol. The molecule has 2 N–H and O–H groups in total. The minimum Gasteiger partial charge on any atom is -0.367 e. The highest BCUT2D eigenvalue weighted by Crippen LogP contribution is 2.28. The molecule has 2 fully saturated rings. The molecule has 4 nitrogen and oxygen atoms in total. The zero-order chi connectivity index (χ0) is 18.8. The first-order valence-electron chi connectivity index (χ1n) is 9.38. The second-order valence-corrected chi connectivity index (χ2v) is 7.31. The lowest BCUT2D eigenvalue weighted by Crippen LogP contribution is -2.48. The molecule has 3 atom stereocenters. The molecule has 0 saturated carbocycles. The van der Waals surface area contributed by atoms with Gasteiger partial charge in [0.25, 0.3) is 0 Å². The number of nitrogens with one attached hydrogen (secondary N) is 2. The van der Waals surface area contributed by atoms with Crippen LogP contribution in [0.15, 0.2) is 47.9 Å². The molecule has 0 spiro atoms. The van der Waals surface area contributed by atoms with Crippen molar-refractivity contribution in [2.45, 2.75) is 12.2 Å². The minimum absolute atomic E-state index is 0.140. The summed E-state index contributed by atoms with van der Waals surface area (Å²) in [5.74, 6) is -0.334.